The minimum Gasteiger partial charge on any atom is -0.365 e. The van der Waals surface area contributed by atoms with Crippen LogP contribution in [0, 0.1) is 10.1 Å². The minimum absolute atomic E-state index is 0.0711. The standard InChI is InChI=1S/C13H14N4O6S2/c1-25(22,23)15-14-13(19)9-3-2-4-16(6-9)7-11(18)12-5-10(8-24-12)17(20)21/h2-5,8,15H,6-7H2,1H3,(H,14,19). The first-order valence-electron chi connectivity index (χ1n) is 6.80. The summed E-state index contributed by atoms with van der Waals surface area (Å²) >= 11 is 0.980. The molecule has 0 fully saturated rings. The molecule has 1 amide bonds. The molecular weight excluding hydrogens is 372 g/mol. The monoisotopic (exact) mass is 386 g/mol. The van der Waals surface area contributed by atoms with Gasteiger partial charge < -0.3 is 4.90 Å². The topological polar surface area (TPSA) is 139 Å². The van der Waals surface area contributed by atoms with Crippen LogP contribution in [0.25, 0.3) is 0 Å². The van der Waals surface area contributed by atoms with E-state index in [1.165, 1.54) is 17.5 Å². The van der Waals surface area contributed by atoms with Gasteiger partial charge in [0.2, 0.25) is 10.0 Å². The predicted octanol–water partition coefficient (Wildman–Crippen LogP) is 0.175. The molecule has 25 heavy (non-hydrogen) atoms. The van der Waals surface area contributed by atoms with Gasteiger partial charge in [0.25, 0.3) is 11.6 Å². The van der Waals surface area contributed by atoms with E-state index in [9.17, 15) is 28.1 Å². The smallest absolute Gasteiger partial charge is 0.280 e. The summed E-state index contributed by atoms with van der Waals surface area (Å²) in [6.07, 6.45) is 5.54. The molecule has 1 aromatic heterocycles. The van der Waals surface area contributed by atoms with Gasteiger partial charge in [0.05, 0.1) is 28.0 Å². The predicted molar refractivity (Wildman–Crippen MR) is 90.2 cm³/mol. The summed E-state index contributed by atoms with van der Waals surface area (Å²) in [4.78, 5) is 37.8. The van der Waals surface area contributed by atoms with Gasteiger partial charge in [-0.1, -0.05) is 6.08 Å². The number of nitrogens with one attached hydrogen (secondary N) is 2. The molecule has 10 nitrogen and oxygen atoms in total. The van der Waals surface area contributed by atoms with Gasteiger partial charge in [-0.15, -0.1) is 16.2 Å². The van der Waals surface area contributed by atoms with Crippen LogP contribution < -0.4 is 10.3 Å². The van der Waals surface area contributed by atoms with Gasteiger partial charge in [0.1, 0.15) is 0 Å². The number of hydrogen-bond acceptors (Lipinski definition) is 8. The van der Waals surface area contributed by atoms with Crippen LogP contribution in [0.3, 0.4) is 0 Å². The number of allylic oxidation sites excluding steroid dienone is 2. The summed E-state index contributed by atoms with van der Waals surface area (Å²) in [5.41, 5.74) is 2.16. The average molecular weight is 386 g/mol. The molecule has 134 valence electrons. The summed E-state index contributed by atoms with van der Waals surface area (Å²) in [6, 6.07) is 1.21. The molecule has 0 unspecified atom stereocenters. The van der Waals surface area contributed by atoms with Crippen molar-refractivity contribution in [2.45, 2.75) is 0 Å². The number of rotatable bonds is 7. The second kappa shape index (κ2) is 7.55. The first-order chi connectivity index (χ1) is 11.7. The van der Waals surface area contributed by atoms with E-state index in [1.807, 2.05) is 4.83 Å². The van der Waals surface area contributed by atoms with E-state index in [0.717, 1.165) is 17.6 Å². The van der Waals surface area contributed by atoms with Crippen LogP contribution in [0.2, 0.25) is 0 Å². The summed E-state index contributed by atoms with van der Waals surface area (Å²) in [5.74, 6) is -0.961. The van der Waals surface area contributed by atoms with E-state index in [1.54, 1.807) is 17.2 Å². The number of amides is 1. The molecule has 0 aliphatic carbocycles. The lowest BCUT2D eigenvalue weighted by Gasteiger charge is -2.23. The SMILES string of the molecule is CS(=O)(=O)NNC(=O)C1=CC=CN(CC(=O)c2cc([N+](=O)[O-])cs2)C1. The van der Waals surface area contributed by atoms with Crippen LogP contribution >= 0.6 is 11.3 Å². The Kier molecular flexibility index (Phi) is 5.66. The summed E-state index contributed by atoms with van der Waals surface area (Å²) in [5, 5.41) is 11.9. The first-order valence-corrected chi connectivity index (χ1v) is 9.57. The Balaban J connectivity index is 1.95. The van der Waals surface area contributed by atoms with Crippen molar-refractivity contribution in [1.29, 1.82) is 0 Å². The molecule has 12 heteroatoms. The van der Waals surface area contributed by atoms with E-state index in [-0.39, 0.29) is 35.0 Å². The van der Waals surface area contributed by atoms with E-state index >= 15 is 0 Å². The number of Topliss-reactive ketones (excluding diaryl/α,β-unsaturated/α-hetero) is 1. The maximum absolute atomic E-state index is 12.2. The van der Waals surface area contributed by atoms with Gasteiger partial charge in [-0.2, -0.15) is 0 Å². The van der Waals surface area contributed by atoms with Crippen molar-refractivity contribution in [2.75, 3.05) is 19.3 Å². The number of carbonyl (C=O) groups is 2. The molecule has 0 radical (unpaired) electrons. The molecule has 0 aromatic carbocycles. The highest BCUT2D eigenvalue weighted by molar-refractivity contribution is 7.88. The molecule has 2 rings (SSSR count). The van der Waals surface area contributed by atoms with Gasteiger partial charge in [-0.05, 0) is 12.3 Å². The van der Waals surface area contributed by atoms with Crippen molar-refractivity contribution in [2.24, 2.45) is 0 Å². The normalized spacial score (nSPS) is 14.1. The van der Waals surface area contributed by atoms with Gasteiger partial charge >= 0.3 is 0 Å². The Bertz CT molecular complexity index is 871. The zero-order valence-corrected chi connectivity index (χ0v) is 14.6. The summed E-state index contributed by atoms with van der Waals surface area (Å²) in [7, 11) is -3.58. The molecular formula is C13H14N4O6S2. The number of sulfonamides is 1. The third-order valence-corrected chi connectivity index (χ3v) is 4.46. The first kappa shape index (κ1) is 18.8. The number of nitro groups is 1. The molecule has 0 atom stereocenters. The maximum Gasteiger partial charge on any atom is 0.280 e. The second-order valence-corrected chi connectivity index (χ2v) is 7.78. The Labute approximate surface area is 147 Å². The fraction of sp³-hybridized carbons (Fsp3) is 0.231. The lowest BCUT2D eigenvalue weighted by molar-refractivity contribution is -0.384. The van der Waals surface area contributed by atoms with Crippen LogP contribution in [0.5, 0.6) is 0 Å². The average Bonchev–Trinajstić information content (AvgIpc) is 3.02. The van der Waals surface area contributed by atoms with Gasteiger partial charge in [-0.3, -0.25) is 25.1 Å². The van der Waals surface area contributed by atoms with Crippen LogP contribution in [-0.4, -0.2) is 49.3 Å². The molecule has 2 N–H and O–H groups in total. The van der Waals surface area contributed by atoms with Gasteiger partial charge in [0, 0.05) is 18.2 Å². The highest BCUT2D eigenvalue weighted by Crippen LogP contribution is 2.22. The molecule has 0 saturated carbocycles. The molecule has 0 spiro atoms. The third-order valence-electron chi connectivity index (χ3n) is 3.03. The maximum atomic E-state index is 12.2. The Hall–Kier alpha value is -2.57. The van der Waals surface area contributed by atoms with Crippen LogP contribution in [0.15, 0.2) is 35.4 Å². The van der Waals surface area contributed by atoms with Crippen LogP contribution in [0.4, 0.5) is 5.69 Å². The molecule has 1 aromatic rings. The van der Waals surface area contributed by atoms with E-state index in [2.05, 4.69) is 5.43 Å². The fourth-order valence-electron chi connectivity index (χ4n) is 1.91. The van der Waals surface area contributed by atoms with Crippen molar-refractivity contribution in [3.63, 3.8) is 0 Å². The number of thiophene rings is 1. The van der Waals surface area contributed by atoms with Gasteiger partial charge in [-0.25, -0.2) is 8.42 Å². The zero-order valence-electron chi connectivity index (χ0n) is 13.0. The van der Waals surface area contributed by atoms with Crippen molar-refractivity contribution in [3.05, 3.63) is 50.4 Å². The van der Waals surface area contributed by atoms with Crippen LogP contribution in [0.1, 0.15) is 9.67 Å². The largest absolute Gasteiger partial charge is 0.365 e. The number of nitrogens with zero attached hydrogens (tertiary/aromatic N) is 2. The van der Waals surface area contributed by atoms with Crippen molar-refractivity contribution < 1.29 is 22.9 Å². The fourth-order valence-corrected chi connectivity index (χ4v) is 2.98. The lowest BCUT2D eigenvalue weighted by atomic mass is 10.1. The minimum atomic E-state index is -3.58. The quantitative estimate of drug-likeness (QED) is 0.387. The molecule has 0 saturated heterocycles. The van der Waals surface area contributed by atoms with E-state index in [0.29, 0.717) is 0 Å². The highest BCUT2D eigenvalue weighted by Gasteiger charge is 2.20. The number of hydrazine groups is 1. The number of ketones is 1. The zero-order chi connectivity index (χ0) is 18.6. The summed E-state index contributed by atoms with van der Waals surface area (Å²) < 4.78 is 21.9. The molecule has 0 bridgehead atoms. The Morgan fingerprint density at radius 1 is 1.44 bits per heavy atom. The van der Waals surface area contributed by atoms with Crippen molar-refractivity contribution in [1.82, 2.24) is 15.2 Å². The summed E-state index contributed by atoms with van der Waals surface area (Å²) in [6.45, 7) is 0.0191. The molecule has 1 aliphatic rings. The lowest BCUT2D eigenvalue weighted by Crippen LogP contribution is -2.43. The van der Waals surface area contributed by atoms with E-state index < -0.39 is 20.9 Å². The highest BCUT2D eigenvalue weighted by atomic mass is 32.2. The third kappa shape index (κ3) is 5.48. The molecule has 2 heterocycles. The van der Waals surface area contributed by atoms with Crippen molar-refractivity contribution >= 4 is 38.7 Å². The Morgan fingerprint density at radius 3 is 2.76 bits per heavy atom. The second-order valence-electron chi connectivity index (χ2n) is 5.12. The van der Waals surface area contributed by atoms with Crippen LogP contribution in [-0.2, 0) is 14.8 Å². The molecule has 1 aliphatic heterocycles. The van der Waals surface area contributed by atoms with E-state index in [4.69, 9.17) is 0 Å². The van der Waals surface area contributed by atoms with Gasteiger partial charge in [0.15, 0.2) is 5.78 Å². The Morgan fingerprint density at radius 2 is 2.16 bits per heavy atom. The van der Waals surface area contributed by atoms with Crippen molar-refractivity contribution in [3.8, 4) is 0 Å². The number of carbonyl (C=O) groups excluding carboxylic acids is 2. The number of hydrogen-bond donors (Lipinski definition) is 2.